The van der Waals surface area contributed by atoms with Gasteiger partial charge in [-0.3, -0.25) is 0 Å². The van der Waals surface area contributed by atoms with Crippen LogP contribution in [0.15, 0.2) is 24.3 Å². The van der Waals surface area contributed by atoms with E-state index in [0.29, 0.717) is 18.6 Å². The molecule has 0 saturated heterocycles. The Labute approximate surface area is 105 Å². The Morgan fingerprint density at radius 1 is 0.895 bits per heavy atom. The summed E-state index contributed by atoms with van der Waals surface area (Å²) in [7, 11) is 0. The fourth-order valence-electron chi connectivity index (χ4n) is 1.39. The molecule has 0 bridgehead atoms. The third-order valence-corrected chi connectivity index (χ3v) is 2.25. The summed E-state index contributed by atoms with van der Waals surface area (Å²) in [5.74, 6) is 0. The van der Waals surface area contributed by atoms with Crippen molar-refractivity contribution in [1.29, 1.82) is 0 Å². The molecule has 0 unspecified atom stereocenters. The van der Waals surface area contributed by atoms with Crippen LogP contribution in [-0.2, 0) is 12.4 Å². The highest BCUT2D eigenvalue weighted by atomic mass is 19.4. The van der Waals surface area contributed by atoms with Crippen molar-refractivity contribution in [1.82, 2.24) is 0 Å². The molecule has 106 valence electrons. The van der Waals surface area contributed by atoms with Crippen LogP contribution in [0.5, 0.6) is 0 Å². The Morgan fingerprint density at radius 2 is 1.37 bits per heavy atom. The first-order valence-electron chi connectivity index (χ1n) is 5.30. The largest absolute Gasteiger partial charge is 0.416 e. The molecule has 1 rings (SSSR count). The van der Waals surface area contributed by atoms with Gasteiger partial charge >= 0.3 is 12.4 Å². The van der Waals surface area contributed by atoms with Crippen molar-refractivity contribution in [3.05, 3.63) is 41.0 Å². The second kappa shape index (κ2) is 5.64. The van der Waals surface area contributed by atoms with Crippen LogP contribution in [0.4, 0.5) is 26.3 Å². The van der Waals surface area contributed by atoms with Gasteiger partial charge < -0.3 is 5.73 Å². The SMILES string of the molecule is NCCC=Cc1cc(C(F)(F)F)cc(C(F)(F)F)c1. The molecule has 0 heterocycles. The molecule has 19 heavy (non-hydrogen) atoms. The predicted molar refractivity (Wildman–Crippen MR) is 59.2 cm³/mol. The van der Waals surface area contributed by atoms with Crippen molar-refractivity contribution in [2.24, 2.45) is 5.73 Å². The van der Waals surface area contributed by atoms with E-state index >= 15 is 0 Å². The first-order chi connectivity index (χ1) is 8.64. The summed E-state index contributed by atoms with van der Waals surface area (Å²) < 4.78 is 75.1. The molecule has 0 spiro atoms. The monoisotopic (exact) mass is 283 g/mol. The molecule has 0 aliphatic heterocycles. The average molecular weight is 283 g/mol. The lowest BCUT2D eigenvalue weighted by atomic mass is 10.0. The van der Waals surface area contributed by atoms with Crippen LogP contribution in [0.25, 0.3) is 6.08 Å². The first-order valence-corrected chi connectivity index (χ1v) is 5.30. The number of benzene rings is 1. The van der Waals surface area contributed by atoms with Crippen LogP contribution in [-0.4, -0.2) is 6.54 Å². The lowest BCUT2D eigenvalue weighted by molar-refractivity contribution is -0.143. The zero-order chi connectivity index (χ0) is 14.7. The van der Waals surface area contributed by atoms with Crippen LogP contribution in [0, 0.1) is 0 Å². The summed E-state index contributed by atoms with van der Waals surface area (Å²) in [6.45, 7) is 0.265. The van der Waals surface area contributed by atoms with Gasteiger partial charge in [0.15, 0.2) is 0 Å². The number of nitrogens with two attached hydrogens (primary N) is 1. The Hall–Kier alpha value is -1.50. The van der Waals surface area contributed by atoms with Crippen molar-refractivity contribution >= 4 is 6.08 Å². The molecular formula is C12H11F6N. The maximum absolute atomic E-state index is 12.5. The van der Waals surface area contributed by atoms with Crippen molar-refractivity contribution in [2.45, 2.75) is 18.8 Å². The number of alkyl halides is 6. The molecule has 0 radical (unpaired) electrons. The number of halogens is 6. The lowest BCUT2D eigenvalue weighted by Gasteiger charge is -2.12. The molecule has 0 saturated carbocycles. The molecule has 0 aromatic heterocycles. The average Bonchev–Trinajstić information content (AvgIpc) is 2.27. The topological polar surface area (TPSA) is 26.0 Å². The minimum absolute atomic E-state index is 0.0975. The standard InChI is InChI=1S/C12H11F6N/c13-11(14,15)9-5-8(3-1-2-4-19)6-10(7-9)12(16,17)18/h1,3,5-7H,2,4,19H2. The zero-order valence-corrected chi connectivity index (χ0v) is 9.65. The van der Waals surface area contributed by atoms with Gasteiger partial charge in [0.2, 0.25) is 0 Å². The Kier molecular flexibility index (Phi) is 4.62. The second-order valence-electron chi connectivity index (χ2n) is 3.82. The minimum atomic E-state index is -4.82. The molecule has 1 aromatic rings. The van der Waals surface area contributed by atoms with Crippen LogP contribution in [0.2, 0.25) is 0 Å². The molecule has 0 aliphatic rings. The molecule has 7 heteroatoms. The lowest BCUT2D eigenvalue weighted by Crippen LogP contribution is -2.11. The van der Waals surface area contributed by atoms with Crippen molar-refractivity contribution < 1.29 is 26.3 Å². The molecule has 1 nitrogen and oxygen atoms in total. The van der Waals surface area contributed by atoms with Gasteiger partial charge in [-0.25, -0.2) is 0 Å². The van der Waals surface area contributed by atoms with E-state index in [9.17, 15) is 26.3 Å². The summed E-state index contributed by atoms with van der Waals surface area (Å²) in [4.78, 5) is 0. The maximum atomic E-state index is 12.5. The smallest absolute Gasteiger partial charge is 0.330 e. The molecule has 0 amide bonds. The highest BCUT2D eigenvalue weighted by Crippen LogP contribution is 2.36. The van der Waals surface area contributed by atoms with Gasteiger partial charge in [-0.15, -0.1) is 0 Å². The van der Waals surface area contributed by atoms with Crippen LogP contribution >= 0.6 is 0 Å². The summed E-state index contributed by atoms with van der Waals surface area (Å²) in [6, 6.07) is 1.44. The summed E-state index contributed by atoms with van der Waals surface area (Å²) >= 11 is 0. The Bertz CT molecular complexity index is 426. The van der Waals surface area contributed by atoms with Gasteiger partial charge in [-0.1, -0.05) is 12.2 Å². The van der Waals surface area contributed by atoms with Crippen molar-refractivity contribution in [3.8, 4) is 0 Å². The van der Waals surface area contributed by atoms with Crippen LogP contribution in [0.1, 0.15) is 23.1 Å². The molecular weight excluding hydrogens is 272 g/mol. The van der Waals surface area contributed by atoms with Crippen LogP contribution < -0.4 is 5.73 Å². The fourth-order valence-corrected chi connectivity index (χ4v) is 1.39. The zero-order valence-electron chi connectivity index (χ0n) is 9.65. The van der Waals surface area contributed by atoms with E-state index < -0.39 is 23.5 Å². The van der Waals surface area contributed by atoms with Crippen molar-refractivity contribution in [2.75, 3.05) is 6.54 Å². The maximum Gasteiger partial charge on any atom is 0.416 e. The molecule has 0 fully saturated rings. The first kappa shape index (κ1) is 15.6. The normalized spacial score (nSPS) is 13.2. The van der Waals surface area contributed by atoms with E-state index in [1.54, 1.807) is 0 Å². The molecule has 2 N–H and O–H groups in total. The van der Waals surface area contributed by atoms with Crippen LogP contribution in [0.3, 0.4) is 0 Å². The third-order valence-electron chi connectivity index (χ3n) is 2.25. The number of hydrogen-bond donors (Lipinski definition) is 1. The quantitative estimate of drug-likeness (QED) is 0.831. The molecule has 0 aliphatic carbocycles. The van der Waals surface area contributed by atoms with E-state index in [-0.39, 0.29) is 18.2 Å². The predicted octanol–water partition coefficient (Wildman–Crippen LogP) is 4.09. The van der Waals surface area contributed by atoms with Crippen molar-refractivity contribution in [3.63, 3.8) is 0 Å². The van der Waals surface area contributed by atoms with Gasteiger partial charge in [0.05, 0.1) is 11.1 Å². The highest BCUT2D eigenvalue weighted by Gasteiger charge is 2.36. The third kappa shape index (κ3) is 4.59. The highest BCUT2D eigenvalue weighted by molar-refractivity contribution is 5.53. The molecule has 0 atom stereocenters. The molecule has 1 aromatic carbocycles. The second-order valence-corrected chi connectivity index (χ2v) is 3.82. The van der Waals surface area contributed by atoms with Gasteiger partial charge in [-0.05, 0) is 36.7 Å². The van der Waals surface area contributed by atoms with E-state index in [0.717, 1.165) is 0 Å². The Morgan fingerprint density at radius 3 is 1.74 bits per heavy atom. The number of hydrogen-bond acceptors (Lipinski definition) is 1. The Balaban J connectivity index is 3.25. The van der Waals surface area contributed by atoms with E-state index in [1.165, 1.54) is 12.2 Å². The van der Waals surface area contributed by atoms with E-state index in [4.69, 9.17) is 5.73 Å². The minimum Gasteiger partial charge on any atom is -0.330 e. The van der Waals surface area contributed by atoms with Gasteiger partial charge in [0.25, 0.3) is 0 Å². The fraction of sp³-hybridized carbons (Fsp3) is 0.333. The summed E-state index contributed by atoms with van der Waals surface area (Å²) in [5.41, 5.74) is 2.37. The van der Waals surface area contributed by atoms with Gasteiger partial charge in [0.1, 0.15) is 0 Å². The summed E-state index contributed by atoms with van der Waals surface area (Å²) in [5, 5.41) is 0. The van der Waals surface area contributed by atoms with E-state index in [1.807, 2.05) is 0 Å². The van der Waals surface area contributed by atoms with E-state index in [2.05, 4.69) is 0 Å². The van der Waals surface area contributed by atoms with Gasteiger partial charge in [0, 0.05) is 0 Å². The number of rotatable bonds is 3. The summed E-state index contributed by atoms with van der Waals surface area (Å²) in [6.07, 6.45) is -6.65. The van der Waals surface area contributed by atoms with Gasteiger partial charge in [-0.2, -0.15) is 26.3 Å².